The Morgan fingerprint density at radius 3 is 2.34 bits per heavy atom. The largest absolute Gasteiger partial charge is 0.494 e. The first-order chi connectivity index (χ1) is 18.6. The summed E-state index contributed by atoms with van der Waals surface area (Å²) < 4.78 is 23.5. The van der Waals surface area contributed by atoms with E-state index in [4.69, 9.17) is 18.6 Å². The SMILES string of the molecule is CCCCOc1ccc(C2c3c(oc4ccccc4c3=O)C(=O)N2c2ccc(OCC)cc2)cc1OCC. The molecule has 0 saturated heterocycles. The highest BCUT2D eigenvalue weighted by molar-refractivity contribution is 6.10. The number of rotatable bonds is 10. The van der Waals surface area contributed by atoms with E-state index in [-0.39, 0.29) is 17.1 Å². The zero-order valence-electron chi connectivity index (χ0n) is 21.9. The summed E-state index contributed by atoms with van der Waals surface area (Å²) in [6, 6.07) is 19.1. The molecular weight excluding hydrogens is 482 g/mol. The molecule has 38 heavy (non-hydrogen) atoms. The first-order valence-corrected chi connectivity index (χ1v) is 13.1. The highest BCUT2D eigenvalue weighted by Crippen LogP contribution is 2.43. The van der Waals surface area contributed by atoms with Crippen LogP contribution in [0, 0.1) is 0 Å². The molecule has 1 amide bonds. The van der Waals surface area contributed by atoms with Crippen molar-refractivity contribution in [1.29, 1.82) is 0 Å². The number of hydrogen-bond acceptors (Lipinski definition) is 6. The lowest BCUT2D eigenvalue weighted by atomic mass is 9.97. The molecule has 0 saturated carbocycles. The smallest absolute Gasteiger partial charge is 0.295 e. The third-order valence-electron chi connectivity index (χ3n) is 6.54. The van der Waals surface area contributed by atoms with Crippen LogP contribution < -0.4 is 24.5 Å². The van der Waals surface area contributed by atoms with E-state index in [2.05, 4.69) is 6.92 Å². The maximum Gasteiger partial charge on any atom is 0.295 e. The van der Waals surface area contributed by atoms with Gasteiger partial charge in [-0.3, -0.25) is 14.5 Å². The Balaban J connectivity index is 1.67. The van der Waals surface area contributed by atoms with E-state index < -0.39 is 6.04 Å². The van der Waals surface area contributed by atoms with E-state index in [1.54, 1.807) is 29.2 Å². The van der Waals surface area contributed by atoms with Crippen LogP contribution in [0.15, 0.2) is 75.9 Å². The van der Waals surface area contributed by atoms with Gasteiger partial charge >= 0.3 is 0 Å². The van der Waals surface area contributed by atoms with Crippen LogP contribution in [-0.2, 0) is 0 Å². The van der Waals surface area contributed by atoms with Crippen LogP contribution in [0.5, 0.6) is 17.2 Å². The first kappa shape index (κ1) is 25.4. The molecule has 5 rings (SSSR count). The third-order valence-corrected chi connectivity index (χ3v) is 6.54. The van der Waals surface area contributed by atoms with Gasteiger partial charge in [0.1, 0.15) is 11.3 Å². The molecule has 0 radical (unpaired) electrons. The predicted molar refractivity (Wildman–Crippen MR) is 147 cm³/mol. The number of carbonyl (C=O) groups is 1. The average molecular weight is 514 g/mol. The number of benzene rings is 3. The van der Waals surface area contributed by atoms with Crippen molar-refractivity contribution in [2.24, 2.45) is 0 Å². The molecule has 1 aliphatic rings. The Hall–Kier alpha value is -4.26. The second-order valence-corrected chi connectivity index (χ2v) is 9.02. The zero-order valence-corrected chi connectivity index (χ0v) is 21.9. The fraction of sp³-hybridized carbons (Fsp3) is 0.290. The van der Waals surface area contributed by atoms with Crippen LogP contribution in [0.4, 0.5) is 5.69 Å². The molecule has 7 heteroatoms. The van der Waals surface area contributed by atoms with Gasteiger partial charge in [0.25, 0.3) is 5.91 Å². The molecule has 0 bridgehead atoms. The summed E-state index contributed by atoms with van der Waals surface area (Å²) >= 11 is 0. The van der Waals surface area contributed by atoms with Gasteiger partial charge in [0, 0.05) is 5.69 Å². The standard InChI is InChI=1S/C31H31NO6/c1-4-7-18-37-25-17-12-20(19-26(25)36-6-3)28-27-29(33)23-10-8-9-11-24(23)38-30(27)31(34)32(28)21-13-15-22(16-14-21)35-5-2/h8-17,19,28H,4-7,18H2,1-3H3. The van der Waals surface area contributed by atoms with E-state index in [9.17, 15) is 9.59 Å². The highest BCUT2D eigenvalue weighted by Gasteiger charge is 2.44. The number of amides is 1. The van der Waals surface area contributed by atoms with Gasteiger partial charge in [0.2, 0.25) is 5.76 Å². The van der Waals surface area contributed by atoms with E-state index >= 15 is 0 Å². The molecule has 0 N–H and O–H groups in total. The van der Waals surface area contributed by atoms with Crippen molar-refractivity contribution >= 4 is 22.6 Å². The Labute approximate surface area is 221 Å². The van der Waals surface area contributed by atoms with Gasteiger partial charge in [-0.1, -0.05) is 31.5 Å². The molecule has 0 aliphatic carbocycles. The topological polar surface area (TPSA) is 78.2 Å². The lowest BCUT2D eigenvalue weighted by Gasteiger charge is -2.26. The minimum atomic E-state index is -0.708. The van der Waals surface area contributed by atoms with Crippen molar-refractivity contribution in [2.45, 2.75) is 39.7 Å². The van der Waals surface area contributed by atoms with Gasteiger partial charge in [0.15, 0.2) is 16.9 Å². The molecule has 1 aliphatic heterocycles. The van der Waals surface area contributed by atoms with Crippen LogP contribution >= 0.6 is 0 Å². The molecule has 196 valence electrons. The number of unbranched alkanes of at least 4 members (excludes halogenated alkanes) is 1. The van der Waals surface area contributed by atoms with Crippen molar-refractivity contribution in [3.63, 3.8) is 0 Å². The van der Waals surface area contributed by atoms with Gasteiger partial charge in [0.05, 0.1) is 36.8 Å². The van der Waals surface area contributed by atoms with Crippen molar-refractivity contribution in [1.82, 2.24) is 0 Å². The van der Waals surface area contributed by atoms with Crippen molar-refractivity contribution < 1.29 is 23.4 Å². The molecule has 0 spiro atoms. The minimum Gasteiger partial charge on any atom is -0.494 e. The molecule has 1 unspecified atom stereocenters. The van der Waals surface area contributed by atoms with E-state index in [0.717, 1.165) is 18.4 Å². The van der Waals surface area contributed by atoms with Crippen LogP contribution in [0.1, 0.15) is 61.3 Å². The molecule has 1 aromatic heterocycles. The zero-order chi connectivity index (χ0) is 26.6. The normalized spacial score (nSPS) is 14.6. The maximum atomic E-state index is 13.8. The number of fused-ring (bicyclic) bond motifs is 2. The summed E-state index contributed by atoms with van der Waals surface area (Å²) in [5.41, 5.74) is 1.81. The lowest BCUT2D eigenvalue weighted by molar-refractivity contribution is 0.0971. The fourth-order valence-corrected chi connectivity index (χ4v) is 4.78. The van der Waals surface area contributed by atoms with Crippen LogP contribution in [-0.4, -0.2) is 25.7 Å². The monoisotopic (exact) mass is 513 g/mol. The van der Waals surface area contributed by atoms with E-state index in [1.165, 1.54) is 0 Å². The van der Waals surface area contributed by atoms with E-state index in [1.807, 2.05) is 56.3 Å². The van der Waals surface area contributed by atoms with Crippen molar-refractivity contribution in [3.8, 4) is 17.2 Å². The van der Waals surface area contributed by atoms with Gasteiger partial charge in [-0.2, -0.15) is 0 Å². The molecule has 3 aromatic carbocycles. The summed E-state index contributed by atoms with van der Waals surface area (Å²) in [6.45, 7) is 7.49. The molecule has 0 fully saturated rings. The van der Waals surface area contributed by atoms with Crippen LogP contribution in [0.2, 0.25) is 0 Å². The number of hydrogen-bond donors (Lipinski definition) is 0. The number of nitrogens with zero attached hydrogens (tertiary/aromatic N) is 1. The van der Waals surface area contributed by atoms with Crippen LogP contribution in [0.25, 0.3) is 11.0 Å². The van der Waals surface area contributed by atoms with Gasteiger partial charge < -0.3 is 18.6 Å². The number of carbonyl (C=O) groups excluding carboxylic acids is 1. The third kappa shape index (κ3) is 4.60. The second-order valence-electron chi connectivity index (χ2n) is 9.02. The number of anilines is 1. The average Bonchev–Trinajstić information content (AvgIpc) is 3.23. The van der Waals surface area contributed by atoms with Gasteiger partial charge in [-0.05, 0) is 74.4 Å². The summed E-state index contributed by atoms with van der Waals surface area (Å²) in [5, 5.41) is 0.433. The van der Waals surface area contributed by atoms with E-state index in [0.29, 0.717) is 59.3 Å². The Bertz CT molecular complexity index is 1510. The Kier molecular flexibility index (Phi) is 7.36. The fourth-order valence-electron chi connectivity index (χ4n) is 4.78. The first-order valence-electron chi connectivity index (χ1n) is 13.1. The summed E-state index contributed by atoms with van der Waals surface area (Å²) in [6.07, 6.45) is 1.95. The Morgan fingerprint density at radius 2 is 1.61 bits per heavy atom. The van der Waals surface area contributed by atoms with Gasteiger partial charge in [-0.25, -0.2) is 0 Å². The summed E-state index contributed by atoms with van der Waals surface area (Å²) in [7, 11) is 0. The predicted octanol–water partition coefficient (Wildman–Crippen LogP) is 6.52. The number of ether oxygens (including phenoxy) is 3. The lowest BCUT2D eigenvalue weighted by Crippen LogP contribution is -2.29. The van der Waals surface area contributed by atoms with Gasteiger partial charge in [-0.15, -0.1) is 0 Å². The highest BCUT2D eigenvalue weighted by atomic mass is 16.5. The van der Waals surface area contributed by atoms with Crippen LogP contribution in [0.3, 0.4) is 0 Å². The Morgan fingerprint density at radius 1 is 0.842 bits per heavy atom. The number of para-hydroxylation sites is 1. The van der Waals surface area contributed by atoms with Crippen molar-refractivity contribution in [3.05, 3.63) is 93.8 Å². The molecular formula is C31H31NO6. The molecule has 1 atom stereocenters. The summed E-state index contributed by atoms with van der Waals surface area (Å²) in [4.78, 5) is 29.3. The minimum absolute atomic E-state index is 0.0498. The second kappa shape index (κ2) is 11.0. The quantitative estimate of drug-likeness (QED) is 0.225. The molecule has 4 aromatic rings. The molecule has 2 heterocycles. The maximum absolute atomic E-state index is 13.8. The molecule has 7 nitrogen and oxygen atoms in total. The van der Waals surface area contributed by atoms with Crippen molar-refractivity contribution in [2.75, 3.05) is 24.7 Å². The summed E-state index contributed by atoms with van der Waals surface area (Å²) in [5.74, 6) is 1.57.